The fourth-order valence-electron chi connectivity index (χ4n) is 1.83. The molecule has 2 aromatic rings. The highest BCUT2D eigenvalue weighted by atomic mass is 16.1. The zero-order valence-corrected chi connectivity index (χ0v) is 11.1. The van der Waals surface area contributed by atoms with Crippen LogP contribution in [-0.2, 0) is 19.9 Å². The summed E-state index contributed by atoms with van der Waals surface area (Å²) < 4.78 is 1.73. The van der Waals surface area contributed by atoms with E-state index in [2.05, 4.69) is 20.6 Å². The Morgan fingerprint density at radius 3 is 2.95 bits per heavy atom. The second-order valence-electron chi connectivity index (χ2n) is 4.35. The van der Waals surface area contributed by atoms with Crippen LogP contribution in [0, 0.1) is 0 Å². The molecule has 2 aromatic heterocycles. The summed E-state index contributed by atoms with van der Waals surface area (Å²) in [4.78, 5) is 11.9. The van der Waals surface area contributed by atoms with Gasteiger partial charge in [0.05, 0.1) is 17.6 Å². The van der Waals surface area contributed by atoms with Gasteiger partial charge in [0.2, 0.25) is 0 Å². The lowest BCUT2D eigenvalue weighted by atomic mass is 10.2. The normalized spacial score (nSPS) is 10.6. The molecule has 7 heteroatoms. The molecule has 0 radical (unpaired) electrons. The smallest absolute Gasteiger partial charge is 0.273 e. The lowest BCUT2D eigenvalue weighted by Gasteiger charge is -2.02. The first-order valence-electron chi connectivity index (χ1n) is 6.20. The molecule has 0 bridgehead atoms. The highest BCUT2D eigenvalue weighted by molar-refractivity contribution is 5.97. The van der Waals surface area contributed by atoms with Gasteiger partial charge in [-0.3, -0.25) is 14.6 Å². The number of carbonyl (C=O) groups is 1. The number of rotatable bonds is 5. The number of nitrogens with two attached hydrogens (primary N) is 1. The molecule has 0 aromatic carbocycles. The zero-order valence-electron chi connectivity index (χ0n) is 11.1. The molecule has 0 aliphatic carbocycles. The van der Waals surface area contributed by atoms with Crippen molar-refractivity contribution in [2.24, 2.45) is 7.05 Å². The summed E-state index contributed by atoms with van der Waals surface area (Å²) in [6.07, 6.45) is 5.15. The number of aryl methyl sites for hydroxylation is 2. The van der Waals surface area contributed by atoms with E-state index in [4.69, 9.17) is 5.73 Å². The van der Waals surface area contributed by atoms with Gasteiger partial charge in [0, 0.05) is 19.8 Å². The molecule has 2 heterocycles. The van der Waals surface area contributed by atoms with Crippen LogP contribution in [0.3, 0.4) is 0 Å². The molecule has 1 amide bonds. The minimum atomic E-state index is -0.252. The van der Waals surface area contributed by atoms with Crippen LogP contribution in [0.4, 0.5) is 5.69 Å². The maximum absolute atomic E-state index is 11.9. The van der Waals surface area contributed by atoms with Crippen molar-refractivity contribution in [3.05, 3.63) is 29.3 Å². The average molecular weight is 262 g/mol. The molecule has 0 saturated heterocycles. The largest absolute Gasteiger partial charge is 0.395 e. The molecule has 0 aliphatic heterocycles. The van der Waals surface area contributed by atoms with Crippen molar-refractivity contribution in [3.63, 3.8) is 0 Å². The van der Waals surface area contributed by atoms with Crippen LogP contribution in [0.1, 0.15) is 28.7 Å². The van der Waals surface area contributed by atoms with Gasteiger partial charge in [-0.25, -0.2) is 0 Å². The molecule has 0 fully saturated rings. The second kappa shape index (κ2) is 5.55. The van der Waals surface area contributed by atoms with E-state index in [1.807, 2.05) is 20.2 Å². The van der Waals surface area contributed by atoms with Gasteiger partial charge in [-0.05, 0) is 18.4 Å². The van der Waals surface area contributed by atoms with Gasteiger partial charge in [-0.2, -0.15) is 10.2 Å². The number of nitrogens with one attached hydrogen (secondary N) is 2. The Labute approximate surface area is 111 Å². The van der Waals surface area contributed by atoms with Crippen LogP contribution in [0.2, 0.25) is 0 Å². The minimum Gasteiger partial charge on any atom is -0.395 e. The maximum Gasteiger partial charge on any atom is 0.273 e. The van der Waals surface area contributed by atoms with Gasteiger partial charge < -0.3 is 11.1 Å². The van der Waals surface area contributed by atoms with Gasteiger partial charge in [0.25, 0.3) is 5.91 Å². The Kier molecular flexibility index (Phi) is 3.84. The minimum absolute atomic E-state index is 0.252. The Hall–Kier alpha value is -2.31. The topological polar surface area (TPSA) is 102 Å². The molecule has 0 aliphatic rings. The van der Waals surface area contributed by atoms with Crippen molar-refractivity contribution in [1.29, 1.82) is 0 Å². The maximum atomic E-state index is 11.9. The summed E-state index contributed by atoms with van der Waals surface area (Å²) in [5.41, 5.74) is 8.40. The summed E-state index contributed by atoms with van der Waals surface area (Å²) in [6.45, 7) is 2.48. The van der Waals surface area contributed by atoms with E-state index in [1.54, 1.807) is 10.9 Å². The molecule has 7 nitrogen and oxygen atoms in total. The van der Waals surface area contributed by atoms with Gasteiger partial charge in [-0.15, -0.1) is 0 Å². The number of hydrogen-bond acceptors (Lipinski definition) is 4. The van der Waals surface area contributed by atoms with Crippen LogP contribution in [-0.4, -0.2) is 32.4 Å². The lowest BCUT2D eigenvalue weighted by Crippen LogP contribution is -2.26. The SMILES string of the molecule is CCc1[nH]nc(C(=O)NCCc2cnn(C)c2)c1N. The molecule has 102 valence electrons. The summed E-state index contributed by atoms with van der Waals surface area (Å²) in [5, 5.41) is 13.6. The Bertz CT molecular complexity index is 571. The van der Waals surface area contributed by atoms with Crippen molar-refractivity contribution in [1.82, 2.24) is 25.3 Å². The fraction of sp³-hybridized carbons (Fsp3) is 0.417. The number of hydrogen-bond donors (Lipinski definition) is 3. The number of nitrogens with zero attached hydrogens (tertiary/aromatic N) is 3. The summed E-state index contributed by atoms with van der Waals surface area (Å²) in [6, 6.07) is 0. The van der Waals surface area contributed by atoms with Gasteiger partial charge in [-0.1, -0.05) is 6.92 Å². The Balaban J connectivity index is 1.89. The van der Waals surface area contributed by atoms with E-state index in [0.717, 1.165) is 24.1 Å². The lowest BCUT2D eigenvalue weighted by molar-refractivity contribution is 0.0950. The Morgan fingerprint density at radius 2 is 2.37 bits per heavy atom. The molecule has 0 unspecified atom stereocenters. The van der Waals surface area contributed by atoms with Crippen LogP contribution >= 0.6 is 0 Å². The van der Waals surface area contributed by atoms with Crippen molar-refractivity contribution in [2.45, 2.75) is 19.8 Å². The van der Waals surface area contributed by atoms with Crippen molar-refractivity contribution in [3.8, 4) is 0 Å². The first-order valence-corrected chi connectivity index (χ1v) is 6.20. The third-order valence-corrected chi connectivity index (χ3v) is 2.91. The predicted octanol–water partition coefficient (Wildman–Crippen LogP) is 0.260. The molecule has 0 saturated carbocycles. The average Bonchev–Trinajstić information content (AvgIpc) is 2.95. The van der Waals surface area contributed by atoms with E-state index < -0.39 is 0 Å². The number of H-pyrrole nitrogens is 1. The quantitative estimate of drug-likeness (QED) is 0.719. The highest BCUT2D eigenvalue weighted by Gasteiger charge is 2.15. The van der Waals surface area contributed by atoms with Crippen LogP contribution in [0.15, 0.2) is 12.4 Å². The number of amides is 1. The molecular weight excluding hydrogens is 244 g/mol. The highest BCUT2D eigenvalue weighted by Crippen LogP contribution is 2.13. The number of aromatic amines is 1. The number of aromatic nitrogens is 4. The van der Waals surface area contributed by atoms with Crippen molar-refractivity contribution < 1.29 is 4.79 Å². The summed E-state index contributed by atoms with van der Waals surface area (Å²) in [5.74, 6) is -0.252. The van der Waals surface area contributed by atoms with Gasteiger partial charge in [0.1, 0.15) is 0 Å². The van der Waals surface area contributed by atoms with Crippen LogP contribution in [0.25, 0.3) is 0 Å². The summed E-state index contributed by atoms with van der Waals surface area (Å²) in [7, 11) is 1.86. The zero-order chi connectivity index (χ0) is 13.8. The van der Waals surface area contributed by atoms with E-state index in [9.17, 15) is 4.79 Å². The number of nitrogen functional groups attached to an aromatic ring is 1. The molecule has 0 spiro atoms. The predicted molar refractivity (Wildman–Crippen MR) is 71.6 cm³/mol. The fourth-order valence-corrected chi connectivity index (χ4v) is 1.83. The molecule has 2 rings (SSSR count). The van der Waals surface area contributed by atoms with Crippen molar-refractivity contribution >= 4 is 11.6 Å². The molecular formula is C12H18N6O. The third-order valence-electron chi connectivity index (χ3n) is 2.91. The van der Waals surface area contributed by atoms with Crippen LogP contribution < -0.4 is 11.1 Å². The van der Waals surface area contributed by atoms with E-state index in [0.29, 0.717) is 12.2 Å². The first kappa shape index (κ1) is 13.1. The standard InChI is InChI=1S/C12H18N6O/c1-3-9-10(13)11(17-16-9)12(19)14-5-4-8-6-15-18(2)7-8/h6-7H,3-5,13H2,1-2H3,(H,14,19)(H,16,17). The van der Waals surface area contributed by atoms with E-state index in [-0.39, 0.29) is 11.6 Å². The number of carbonyl (C=O) groups excluding carboxylic acids is 1. The monoisotopic (exact) mass is 262 g/mol. The first-order chi connectivity index (χ1) is 9.11. The van der Waals surface area contributed by atoms with Crippen molar-refractivity contribution in [2.75, 3.05) is 12.3 Å². The van der Waals surface area contributed by atoms with Crippen LogP contribution in [0.5, 0.6) is 0 Å². The van der Waals surface area contributed by atoms with E-state index in [1.165, 1.54) is 0 Å². The van der Waals surface area contributed by atoms with Gasteiger partial charge in [0.15, 0.2) is 5.69 Å². The van der Waals surface area contributed by atoms with Gasteiger partial charge >= 0.3 is 0 Å². The van der Waals surface area contributed by atoms with E-state index >= 15 is 0 Å². The number of anilines is 1. The molecule has 0 atom stereocenters. The Morgan fingerprint density at radius 1 is 1.58 bits per heavy atom. The summed E-state index contributed by atoms with van der Waals surface area (Å²) >= 11 is 0. The second-order valence-corrected chi connectivity index (χ2v) is 4.35. The third kappa shape index (κ3) is 2.93. The molecule has 19 heavy (non-hydrogen) atoms. The molecule has 4 N–H and O–H groups in total.